The quantitative estimate of drug-likeness (QED) is 0.520. The molecule has 0 aliphatic heterocycles. The molecule has 1 amide bonds. The lowest BCUT2D eigenvalue weighted by Crippen LogP contribution is -2.14. The lowest BCUT2D eigenvalue weighted by atomic mass is 9.99. The fourth-order valence-electron chi connectivity index (χ4n) is 3.33. The van der Waals surface area contributed by atoms with Gasteiger partial charge >= 0.3 is 6.18 Å². The number of nitrogens with one attached hydrogen (secondary N) is 1. The molecule has 0 radical (unpaired) electrons. The van der Waals surface area contributed by atoms with Gasteiger partial charge in [-0.05, 0) is 48.9 Å². The van der Waals surface area contributed by atoms with Crippen molar-refractivity contribution in [2.45, 2.75) is 18.0 Å². The molecule has 0 fully saturated rings. The monoisotopic (exact) mass is 489 g/mol. The maximum atomic E-state index is 13.5. The molecule has 0 saturated carbocycles. The van der Waals surface area contributed by atoms with Crippen molar-refractivity contribution in [3.8, 4) is 11.3 Å². The Morgan fingerprint density at radius 2 is 1.81 bits per heavy atom. The number of carbonyl (C=O) groups excluding carboxylic acids is 1. The SMILES string of the molecule is Cc1c(C(=O)Nc2ccc(S(N)(=O)=O)c(Cl)c2)cn(C)c1-c1ccc(F)cc1C(F)(F)F. The van der Waals surface area contributed by atoms with Crippen LogP contribution in [-0.2, 0) is 23.2 Å². The molecule has 2 aromatic carbocycles. The van der Waals surface area contributed by atoms with Crippen LogP contribution in [0.5, 0.6) is 0 Å². The zero-order valence-corrected chi connectivity index (χ0v) is 18.2. The average Bonchev–Trinajstić information content (AvgIpc) is 2.94. The van der Waals surface area contributed by atoms with Crippen LogP contribution in [-0.4, -0.2) is 18.9 Å². The fourth-order valence-corrected chi connectivity index (χ4v) is 4.42. The van der Waals surface area contributed by atoms with E-state index in [0.29, 0.717) is 6.07 Å². The number of aryl methyl sites for hydroxylation is 1. The number of nitrogens with zero attached hydrogens (tertiary/aromatic N) is 1. The lowest BCUT2D eigenvalue weighted by Gasteiger charge is -2.15. The fraction of sp³-hybridized carbons (Fsp3) is 0.150. The topological polar surface area (TPSA) is 94.2 Å². The van der Waals surface area contributed by atoms with E-state index in [1.165, 1.54) is 36.9 Å². The zero-order chi connectivity index (χ0) is 24.0. The molecule has 0 aliphatic rings. The van der Waals surface area contributed by atoms with Crippen LogP contribution in [0.4, 0.5) is 23.2 Å². The summed E-state index contributed by atoms with van der Waals surface area (Å²) in [5.41, 5.74) is -0.918. The summed E-state index contributed by atoms with van der Waals surface area (Å²) in [4.78, 5) is 12.4. The Balaban J connectivity index is 2.01. The first-order chi connectivity index (χ1) is 14.7. The van der Waals surface area contributed by atoms with Gasteiger partial charge in [-0.3, -0.25) is 4.79 Å². The zero-order valence-electron chi connectivity index (χ0n) is 16.6. The molecule has 32 heavy (non-hydrogen) atoms. The number of aromatic nitrogens is 1. The van der Waals surface area contributed by atoms with Crippen LogP contribution < -0.4 is 10.5 Å². The van der Waals surface area contributed by atoms with Crippen molar-refractivity contribution in [3.63, 3.8) is 0 Å². The van der Waals surface area contributed by atoms with Crippen LogP contribution in [0.25, 0.3) is 11.3 Å². The molecule has 3 rings (SSSR count). The van der Waals surface area contributed by atoms with Crippen molar-refractivity contribution in [3.05, 3.63) is 70.1 Å². The Kier molecular flexibility index (Phi) is 6.11. The second-order valence-corrected chi connectivity index (χ2v) is 8.90. The minimum atomic E-state index is -4.81. The van der Waals surface area contributed by atoms with Gasteiger partial charge in [-0.1, -0.05) is 11.6 Å². The third-order valence-electron chi connectivity index (χ3n) is 4.72. The number of hydrogen-bond donors (Lipinski definition) is 2. The standard InChI is InChI=1S/C20H16ClF4N3O3S/c1-10-14(19(29)27-12-4-6-17(16(21)8-12)32(26,30)31)9-28(2)18(10)13-5-3-11(22)7-15(13)20(23,24)25/h3-9H,1-2H3,(H,27,29)(H2,26,30,31). The summed E-state index contributed by atoms with van der Waals surface area (Å²) in [6.45, 7) is 1.46. The van der Waals surface area contributed by atoms with Crippen LogP contribution in [0.2, 0.25) is 5.02 Å². The van der Waals surface area contributed by atoms with Crippen LogP contribution in [0.3, 0.4) is 0 Å². The number of sulfonamides is 1. The molecule has 12 heteroatoms. The number of primary sulfonamides is 1. The number of nitrogens with two attached hydrogens (primary N) is 1. The summed E-state index contributed by atoms with van der Waals surface area (Å²) in [5, 5.41) is 7.34. The molecule has 6 nitrogen and oxygen atoms in total. The highest BCUT2D eigenvalue weighted by atomic mass is 35.5. The van der Waals surface area contributed by atoms with E-state index in [1.54, 1.807) is 0 Å². The van der Waals surface area contributed by atoms with Gasteiger partial charge in [-0.25, -0.2) is 17.9 Å². The van der Waals surface area contributed by atoms with E-state index in [9.17, 15) is 30.8 Å². The number of carbonyl (C=O) groups is 1. The number of benzene rings is 2. The highest BCUT2D eigenvalue weighted by Crippen LogP contribution is 2.39. The highest BCUT2D eigenvalue weighted by molar-refractivity contribution is 7.89. The second kappa shape index (κ2) is 8.23. The molecule has 1 aromatic heterocycles. The summed E-state index contributed by atoms with van der Waals surface area (Å²) >= 11 is 5.91. The van der Waals surface area contributed by atoms with Gasteiger partial charge in [0.2, 0.25) is 10.0 Å². The number of hydrogen-bond acceptors (Lipinski definition) is 3. The van der Waals surface area contributed by atoms with E-state index in [1.807, 2.05) is 0 Å². The molecule has 0 atom stereocenters. The summed E-state index contributed by atoms with van der Waals surface area (Å²) in [6.07, 6.45) is -3.47. The molecular formula is C20H16ClF4N3O3S. The normalized spacial score (nSPS) is 12.1. The molecule has 0 aliphatic carbocycles. The first-order valence-electron chi connectivity index (χ1n) is 8.87. The van der Waals surface area contributed by atoms with Crippen molar-refractivity contribution < 1.29 is 30.8 Å². The second-order valence-electron chi connectivity index (χ2n) is 6.96. The van der Waals surface area contributed by atoms with E-state index in [4.69, 9.17) is 16.7 Å². The van der Waals surface area contributed by atoms with Gasteiger partial charge in [-0.2, -0.15) is 13.2 Å². The first kappa shape index (κ1) is 23.8. The van der Waals surface area contributed by atoms with Crippen molar-refractivity contribution in [1.82, 2.24) is 4.57 Å². The smallest absolute Gasteiger partial charge is 0.350 e. The summed E-state index contributed by atoms with van der Waals surface area (Å²) in [7, 11) is -2.60. The van der Waals surface area contributed by atoms with Crippen LogP contribution >= 0.6 is 11.6 Å². The van der Waals surface area contributed by atoms with Gasteiger partial charge in [-0.15, -0.1) is 0 Å². The van der Waals surface area contributed by atoms with E-state index in [2.05, 4.69) is 5.32 Å². The molecule has 170 valence electrons. The number of anilines is 1. The number of alkyl halides is 3. The Bertz CT molecular complexity index is 1330. The van der Waals surface area contributed by atoms with E-state index in [-0.39, 0.29) is 38.0 Å². The summed E-state index contributed by atoms with van der Waals surface area (Å²) in [6, 6.07) is 5.88. The maximum absolute atomic E-state index is 13.5. The van der Waals surface area contributed by atoms with Gasteiger partial charge in [0.05, 0.1) is 21.8 Å². The van der Waals surface area contributed by atoms with Crippen molar-refractivity contribution >= 4 is 33.2 Å². The first-order valence-corrected chi connectivity index (χ1v) is 10.8. The van der Waals surface area contributed by atoms with Crippen molar-refractivity contribution in [2.24, 2.45) is 12.2 Å². The van der Waals surface area contributed by atoms with Crippen LogP contribution in [0, 0.1) is 12.7 Å². The molecule has 1 heterocycles. The Labute approximate surface area is 185 Å². The number of amides is 1. The average molecular weight is 490 g/mol. The third-order valence-corrected chi connectivity index (χ3v) is 6.11. The molecule has 0 unspecified atom stereocenters. The van der Waals surface area contributed by atoms with Gasteiger partial charge in [0.1, 0.15) is 10.7 Å². The molecule has 3 N–H and O–H groups in total. The lowest BCUT2D eigenvalue weighted by molar-refractivity contribution is -0.137. The number of halogens is 5. The minimum Gasteiger partial charge on any atom is -0.350 e. The van der Waals surface area contributed by atoms with Crippen LogP contribution in [0.15, 0.2) is 47.5 Å². The Morgan fingerprint density at radius 1 is 1.16 bits per heavy atom. The van der Waals surface area contributed by atoms with Gasteiger partial charge in [0.15, 0.2) is 0 Å². The number of rotatable bonds is 4. The van der Waals surface area contributed by atoms with Gasteiger partial charge < -0.3 is 9.88 Å². The third kappa shape index (κ3) is 4.64. The molecule has 0 bridgehead atoms. The van der Waals surface area contributed by atoms with Gasteiger partial charge in [0, 0.05) is 24.5 Å². The molecular weight excluding hydrogens is 474 g/mol. The van der Waals surface area contributed by atoms with Gasteiger partial charge in [0.25, 0.3) is 5.91 Å². The Morgan fingerprint density at radius 3 is 2.38 bits per heavy atom. The molecule has 0 spiro atoms. The summed E-state index contributed by atoms with van der Waals surface area (Å²) in [5.74, 6) is -1.70. The van der Waals surface area contributed by atoms with Crippen molar-refractivity contribution in [1.29, 1.82) is 0 Å². The summed E-state index contributed by atoms with van der Waals surface area (Å²) < 4.78 is 78.1. The maximum Gasteiger partial charge on any atom is 0.417 e. The van der Waals surface area contributed by atoms with E-state index in [0.717, 1.165) is 18.2 Å². The minimum absolute atomic E-state index is 0.0617. The van der Waals surface area contributed by atoms with E-state index < -0.39 is 33.5 Å². The van der Waals surface area contributed by atoms with Crippen molar-refractivity contribution in [2.75, 3.05) is 5.32 Å². The largest absolute Gasteiger partial charge is 0.417 e. The predicted molar refractivity (Wildman–Crippen MR) is 111 cm³/mol. The highest BCUT2D eigenvalue weighted by Gasteiger charge is 2.35. The Hall–Kier alpha value is -2.89. The molecule has 0 saturated heterocycles. The molecule has 3 aromatic rings. The predicted octanol–water partition coefficient (Wildman–Crippen LogP) is 4.71. The van der Waals surface area contributed by atoms with Crippen LogP contribution in [0.1, 0.15) is 21.5 Å². The van der Waals surface area contributed by atoms with E-state index >= 15 is 0 Å².